The van der Waals surface area contributed by atoms with Crippen LogP contribution in [0.25, 0.3) is 0 Å². The summed E-state index contributed by atoms with van der Waals surface area (Å²) >= 11 is 0.267. The summed E-state index contributed by atoms with van der Waals surface area (Å²) in [5.41, 5.74) is -8.29. The van der Waals surface area contributed by atoms with Crippen molar-refractivity contribution in [1.29, 1.82) is 5.26 Å². The van der Waals surface area contributed by atoms with Gasteiger partial charge in [-0.15, -0.1) is 11.8 Å². The van der Waals surface area contributed by atoms with Gasteiger partial charge in [0.05, 0.1) is 34.0 Å². The smallest absolute Gasteiger partial charge is 0.379 e. The third-order valence-corrected chi connectivity index (χ3v) is 5.55. The molecule has 14 heteroatoms. The van der Waals surface area contributed by atoms with Crippen molar-refractivity contribution in [3.05, 3.63) is 58.7 Å². The summed E-state index contributed by atoms with van der Waals surface area (Å²) in [5.74, 6) is -2.20. The standard InChI is InChI=1S/C20H13F9N2O2S/c1-17(33,16(32)31-15-3-2-10(8-30)4-14(15)20(27,28)29)9-34-13-6-11(18(21,22)23)5-12(7-13)19(24,25)26/h2-7,33H,9H2,1H3,(H,31,32). The van der Waals surface area contributed by atoms with Gasteiger partial charge in [-0.2, -0.15) is 44.8 Å². The van der Waals surface area contributed by atoms with Gasteiger partial charge >= 0.3 is 18.5 Å². The van der Waals surface area contributed by atoms with E-state index in [2.05, 4.69) is 0 Å². The number of nitrogens with one attached hydrogen (secondary N) is 1. The number of amides is 1. The Morgan fingerprint density at radius 3 is 1.91 bits per heavy atom. The summed E-state index contributed by atoms with van der Waals surface area (Å²) in [6.45, 7) is 0.824. The first-order chi connectivity index (χ1) is 15.3. The second kappa shape index (κ2) is 9.38. The molecule has 0 fully saturated rings. The molecule has 0 aliphatic rings. The van der Waals surface area contributed by atoms with E-state index in [0.717, 1.165) is 19.1 Å². The molecule has 0 aliphatic carbocycles. The number of hydrogen-bond donors (Lipinski definition) is 2. The van der Waals surface area contributed by atoms with Crippen LogP contribution in [0, 0.1) is 11.3 Å². The Balaban J connectivity index is 2.28. The first kappa shape index (κ1) is 27.3. The largest absolute Gasteiger partial charge is 0.418 e. The van der Waals surface area contributed by atoms with E-state index >= 15 is 0 Å². The van der Waals surface area contributed by atoms with Crippen molar-refractivity contribution >= 4 is 23.4 Å². The Morgan fingerprint density at radius 1 is 0.941 bits per heavy atom. The number of thioether (sulfide) groups is 1. The fourth-order valence-corrected chi connectivity index (χ4v) is 3.51. The number of carbonyl (C=O) groups is 1. The lowest BCUT2D eigenvalue weighted by Crippen LogP contribution is -2.42. The highest BCUT2D eigenvalue weighted by Gasteiger charge is 2.39. The number of benzene rings is 2. The Bertz CT molecular complexity index is 1080. The first-order valence-electron chi connectivity index (χ1n) is 8.92. The molecule has 0 radical (unpaired) electrons. The quantitative estimate of drug-likeness (QED) is 0.372. The van der Waals surface area contributed by atoms with Gasteiger partial charge in [0, 0.05) is 10.6 Å². The number of aliphatic hydroxyl groups is 1. The molecule has 2 aromatic carbocycles. The van der Waals surface area contributed by atoms with Crippen LogP contribution in [0.2, 0.25) is 0 Å². The lowest BCUT2D eigenvalue weighted by atomic mass is 10.1. The zero-order valence-corrected chi connectivity index (χ0v) is 17.6. The van der Waals surface area contributed by atoms with Crippen molar-refractivity contribution in [3.63, 3.8) is 0 Å². The minimum Gasteiger partial charge on any atom is -0.379 e. The van der Waals surface area contributed by atoms with Gasteiger partial charge in [-0.25, -0.2) is 0 Å². The van der Waals surface area contributed by atoms with Gasteiger partial charge in [-0.3, -0.25) is 4.79 Å². The lowest BCUT2D eigenvalue weighted by molar-refractivity contribution is -0.143. The highest BCUT2D eigenvalue weighted by Crippen LogP contribution is 2.39. The third-order valence-electron chi connectivity index (χ3n) is 4.27. The van der Waals surface area contributed by atoms with Crippen molar-refractivity contribution in [2.45, 2.75) is 35.9 Å². The topological polar surface area (TPSA) is 73.1 Å². The summed E-state index contributed by atoms with van der Waals surface area (Å²) in [6.07, 6.45) is -15.2. The number of nitriles is 1. The second-order valence-corrected chi connectivity index (χ2v) is 8.18. The van der Waals surface area contributed by atoms with Crippen molar-refractivity contribution in [1.82, 2.24) is 0 Å². The summed E-state index contributed by atoms with van der Waals surface area (Å²) < 4.78 is 118. The Labute approximate surface area is 190 Å². The lowest BCUT2D eigenvalue weighted by Gasteiger charge is -2.23. The average molecular weight is 516 g/mol. The maximum absolute atomic E-state index is 13.2. The highest BCUT2D eigenvalue weighted by molar-refractivity contribution is 7.99. The number of carbonyl (C=O) groups excluding carboxylic acids is 1. The van der Waals surface area contributed by atoms with E-state index in [1.807, 2.05) is 5.32 Å². The summed E-state index contributed by atoms with van der Waals surface area (Å²) in [7, 11) is 0. The number of anilines is 1. The molecule has 1 amide bonds. The fraction of sp³-hybridized carbons (Fsp3) is 0.300. The Morgan fingerprint density at radius 2 is 1.47 bits per heavy atom. The van der Waals surface area contributed by atoms with Crippen LogP contribution in [0.1, 0.15) is 29.2 Å². The normalized spacial score (nSPS) is 14.3. The third kappa shape index (κ3) is 6.80. The van der Waals surface area contributed by atoms with Crippen LogP contribution >= 0.6 is 11.8 Å². The molecule has 1 atom stereocenters. The fourth-order valence-electron chi connectivity index (χ4n) is 2.51. The molecule has 1 unspecified atom stereocenters. The monoisotopic (exact) mass is 516 g/mol. The SMILES string of the molecule is CC(O)(CSc1cc(C(F)(F)F)cc(C(F)(F)F)c1)C(=O)Nc1ccc(C#N)cc1C(F)(F)F. The van der Waals surface area contributed by atoms with Gasteiger partial charge in [-0.05, 0) is 43.3 Å². The Hall–Kier alpha value is -2.92. The molecule has 0 saturated carbocycles. The molecular weight excluding hydrogens is 503 g/mol. The van der Waals surface area contributed by atoms with E-state index in [0.29, 0.717) is 18.2 Å². The molecule has 2 rings (SSSR count). The number of rotatable bonds is 5. The number of nitrogens with zero attached hydrogens (tertiary/aromatic N) is 1. The van der Waals surface area contributed by atoms with Gasteiger partial charge in [-0.1, -0.05) is 0 Å². The maximum Gasteiger partial charge on any atom is 0.418 e. The minimum atomic E-state index is -5.11. The van der Waals surface area contributed by atoms with Crippen molar-refractivity contribution in [2.75, 3.05) is 11.1 Å². The van der Waals surface area contributed by atoms with E-state index in [9.17, 15) is 49.4 Å². The molecule has 0 bridgehead atoms. The predicted molar refractivity (Wildman–Crippen MR) is 103 cm³/mol. The van der Waals surface area contributed by atoms with Gasteiger partial charge < -0.3 is 10.4 Å². The van der Waals surface area contributed by atoms with Crippen molar-refractivity contribution in [2.24, 2.45) is 0 Å². The van der Waals surface area contributed by atoms with Gasteiger partial charge in [0.1, 0.15) is 5.60 Å². The molecular formula is C20H13F9N2O2S. The molecule has 4 nitrogen and oxygen atoms in total. The van der Waals surface area contributed by atoms with Crippen LogP contribution in [0.3, 0.4) is 0 Å². The van der Waals surface area contributed by atoms with E-state index in [4.69, 9.17) is 5.26 Å². The number of alkyl halides is 9. The zero-order valence-electron chi connectivity index (χ0n) is 16.8. The molecule has 2 aromatic rings. The van der Waals surface area contributed by atoms with Crippen molar-refractivity contribution < 1.29 is 49.4 Å². The van der Waals surface area contributed by atoms with E-state index in [1.165, 1.54) is 6.07 Å². The average Bonchev–Trinajstić information content (AvgIpc) is 2.70. The number of hydrogen-bond acceptors (Lipinski definition) is 4. The molecule has 2 N–H and O–H groups in total. The maximum atomic E-state index is 13.2. The van der Waals surface area contributed by atoms with Gasteiger partial charge in [0.2, 0.25) is 0 Å². The molecule has 0 aliphatic heterocycles. The van der Waals surface area contributed by atoms with Gasteiger partial charge in [0.15, 0.2) is 0 Å². The Kier molecular flexibility index (Phi) is 7.54. The zero-order chi connectivity index (χ0) is 26.1. The van der Waals surface area contributed by atoms with Crippen LogP contribution in [0.5, 0.6) is 0 Å². The molecule has 0 saturated heterocycles. The molecule has 34 heavy (non-hydrogen) atoms. The first-order valence-corrected chi connectivity index (χ1v) is 9.90. The molecule has 0 heterocycles. The van der Waals surface area contributed by atoms with Crippen LogP contribution in [0.15, 0.2) is 41.3 Å². The molecule has 184 valence electrons. The van der Waals surface area contributed by atoms with E-state index < -0.39 is 63.1 Å². The van der Waals surface area contributed by atoms with E-state index in [-0.39, 0.29) is 23.4 Å². The van der Waals surface area contributed by atoms with Crippen LogP contribution < -0.4 is 5.32 Å². The van der Waals surface area contributed by atoms with Crippen LogP contribution in [-0.2, 0) is 23.3 Å². The highest BCUT2D eigenvalue weighted by atomic mass is 32.2. The minimum absolute atomic E-state index is 0.0987. The van der Waals surface area contributed by atoms with Crippen molar-refractivity contribution in [3.8, 4) is 6.07 Å². The van der Waals surface area contributed by atoms with Gasteiger partial charge in [0.25, 0.3) is 5.91 Å². The number of halogens is 9. The van der Waals surface area contributed by atoms with Crippen LogP contribution in [0.4, 0.5) is 45.2 Å². The van der Waals surface area contributed by atoms with Crippen LogP contribution in [-0.4, -0.2) is 22.4 Å². The summed E-state index contributed by atoms with van der Waals surface area (Å²) in [4.78, 5) is 11.8. The summed E-state index contributed by atoms with van der Waals surface area (Å²) in [6, 6.07) is 4.36. The molecule has 0 spiro atoms. The van der Waals surface area contributed by atoms with E-state index in [1.54, 1.807) is 0 Å². The molecule has 0 aromatic heterocycles. The summed E-state index contributed by atoms with van der Waals surface area (Å²) in [5, 5.41) is 20.9. The predicted octanol–water partition coefficient (Wildman–Crippen LogP) is 6.10. The second-order valence-electron chi connectivity index (χ2n) is 7.13.